The van der Waals surface area contributed by atoms with Gasteiger partial charge in [-0.05, 0) is 26.9 Å². The second kappa shape index (κ2) is 5.24. The van der Waals surface area contributed by atoms with Crippen LogP contribution in [0.15, 0.2) is 12.1 Å². The molecule has 2 rings (SSSR count). The molecule has 0 aliphatic heterocycles. The van der Waals surface area contributed by atoms with E-state index in [4.69, 9.17) is 26.8 Å². The standard InChI is InChI=1S/C13H19ClN2O2/c1-16(2)8-4-9(5-8)18-13-6-10(14)11(15)7-12(13)17-3/h6-9H,4-5,15H2,1-3H3. The smallest absolute Gasteiger partial charge is 0.163 e. The first-order chi connectivity index (χ1) is 8.51. The van der Waals surface area contributed by atoms with Gasteiger partial charge in [0.05, 0.1) is 17.8 Å². The van der Waals surface area contributed by atoms with Crippen molar-refractivity contribution in [3.63, 3.8) is 0 Å². The van der Waals surface area contributed by atoms with Crippen molar-refractivity contribution in [2.24, 2.45) is 0 Å². The highest BCUT2D eigenvalue weighted by Gasteiger charge is 2.32. The van der Waals surface area contributed by atoms with Gasteiger partial charge in [-0.1, -0.05) is 11.6 Å². The van der Waals surface area contributed by atoms with Crippen LogP contribution in [0.25, 0.3) is 0 Å². The number of hydrogen-bond acceptors (Lipinski definition) is 4. The molecule has 1 aromatic rings. The highest BCUT2D eigenvalue weighted by molar-refractivity contribution is 6.33. The summed E-state index contributed by atoms with van der Waals surface area (Å²) >= 11 is 6.00. The molecule has 100 valence electrons. The Labute approximate surface area is 113 Å². The van der Waals surface area contributed by atoms with Crippen molar-refractivity contribution in [3.05, 3.63) is 17.2 Å². The Bertz CT molecular complexity index is 431. The summed E-state index contributed by atoms with van der Waals surface area (Å²) in [5.74, 6) is 1.30. The number of nitrogens with zero attached hydrogens (tertiary/aromatic N) is 1. The van der Waals surface area contributed by atoms with Crippen molar-refractivity contribution < 1.29 is 9.47 Å². The van der Waals surface area contributed by atoms with Crippen LogP contribution in [-0.2, 0) is 0 Å². The average Bonchev–Trinajstić information content (AvgIpc) is 2.26. The summed E-state index contributed by atoms with van der Waals surface area (Å²) in [5.41, 5.74) is 6.23. The van der Waals surface area contributed by atoms with E-state index in [1.807, 2.05) is 0 Å². The zero-order valence-corrected chi connectivity index (χ0v) is 11.7. The summed E-state index contributed by atoms with van der Waals surface area (Å²) in [6.45, 7) is 0. The number of nitrogen functional groups attached to an aromatic ring is 1. The number of halogens is 1. The molecule has 2 N–H and O–H groups in total. The minimum atomic E-state index is 0.228. The molecular formula is C13H19ClN2O2. The van der Waals surface area contributed by atoms with Gasteiger partial charge >= 0.3 is 0 Å². The third kappa shape index (κ3) is 2.65. The molecule has 0 heterocycles. The summed E-state index contributed by atoms with van der Waals surface area (Å²) in [6.07, 6.45) is 2.28. The first-order valence-corrected chi connectivity index (χ1v) is 6.35. The topological polar surface area (TPSA) is 47.7 Å². The van der Waals surface area contributed by atoms with E-state index in [2.05, 4.69) is 19.0 Å². The van der Waals surface area contributed by atoms with Gasteiger partial charge in [0.25, 0.3) is 0 Å². The minimum Gasteiger partial charge on any atom is -0.493 e. The maximum absolute atomic E-state index is 6.00. The Hall–Kier alpha value is -1.13. The van der Waals surface area contributed by atoms with E-state index in [0.29, 0.717) is 28.3 Å². The molecule has 5 heteroatoms. The Balaban J connectivity index is 2.04. The van der Waals surface area contributed by atoms with Crippen molar-refractivity contribution in [2.45, 2.75) is 25.0 Å². The Morgan fingerprint density at radius 1 is 1.28 bits per heavy atom. The van der Waals surface area contributed by atoms with E-state index in [1.165, 1.54) is 0 Å². The van der Waals surface area contributed by atoms with Gasteiger partial charge in [0.2, 0.25) is 0 Å². The van der Waals surface area contributed by atoms with Gasteiger partial charge in [0.1, 0.15) is 6.10 Å². The molecule has 0 spiro atoms. The maximum atomic E-state index is 6.00. The number of ether oxygens (including phenoxy) is 2. The first kappa shape index (κ1) is 13.3. The Morgan fingerprint density at radius 3 is 2.50 bits per heavy atom. The number of nitrogens with two attached hydrogens (primary N) is 1. The lowest BCUT2D eigenvalue weighted by atomic mass is 9.88. The molecule has 0 atom stereocenters. The lowest BCUT2D eigenvalue weighted by molar-refractivity contribution is 0.0383. The molecule has 1 aromatic carbocycles. The molecule has 1 saturated carbocycles. The molecule has 0 aromatic heterocycles. The van der Waals surface area contributed by atoms with E-state index in [0.717, 1.165) is 12.8 Å². The highest BCUT2D eigenvalue weighted by atomic mass is 35.5. The number of methoxy groups -OCH3 is 1. The van der Waals surface area contributed by atoms with Crippen LogP contribution in [-0.4, -0.2) is 38.3 Å². The van der Waals surface area contributed by atoms with Crippen molar-refractivity contribution in [1.29, 1.82) is 0 Å². The van der Waals surface area contributed by atoms with E-state index >= 15 is 0 Å². The third-order valence-electron chi connectivity index (χ3n) is 3.38. The van der Waals surface area contributed by atoms with Crippen LogP contribution in [0.1, 0.15) is 12.8 Å². The SMILES string of the molecule is COc1cc(N)c(Cl)cc1OC1CC(N(C)C)C1. The minimum absolute atomic E-state index is 0.228. The lowest BCUT2D eigenvalue weighted by Crippen LogP contribution is -2.46. The third-order valence-corrected chi connectivity index (χ3v) is 3.70. The zero-order chi connectivity index (χ0) is 13.3. The van der Waals surface area contributed by atoms with Crippen molar-refractivity contribution in [3.8, 4) is 11.5 Å². The average molecular weight is 271 g/mol. The molecule has 1 fully saturated rings. The quantitative estimate of drug-likeness (QED) is 0.854. The van der Waals surface area contributed by atoms with Crippen LogP contribution < -0.4 is 15.2 Å². The largest absolute Gasteiger partial charge is 0.493 e. The molecule has 4 nitrogen and oxygen atoms in total. The van der Waals surface area contributed by atoms with E-state index in [9.17, 15) is 0 Å². The van der Waals surface area contributed by atoms with Crippen LogP contribution in [0.4, 0.5) is 5.69 Å². The number of rotatable bonds is 4. The molecule has 0 radical (unpaired) electrons. The van der Waals surface area contributed by atoms with Crippen LogP contribution in [0, 0.1) is 0 Å². The summed E-state index contributed by atoms with van der Waals surface area (Å²) in [5, 5.41) is 0.495. The molecule has 0 bridgehead atoms. The fraction of sp³-hybridized carbons (Fsp3) is 0.538. The maximum Gasteiger partial charge on any atom is 0.163 e. The molecule has 1 aliphatic carbocycles. The van der Waals surface area contributed by atoms with Gasteiger partial charge in [-0.25, -0.2) is 0 Å². The van der Waals surface area contributed by atoms with E-state index in [-0.39, 0.29) is 6.10 Å². The predicted molar refractivity (Wildman–Crippen MR) is 73.5 cm³/mol. The van der Waals surface area contributed by atoms with E-state index in [1.54, 1.807) is 19.2 Å². The van der Waals surface area contributed by atoms with Crippen molar-refractivity contribution in [1.82, 2.24) is 4.90 Å². The number of anilines is 1. The normalized spacial score (nSPS) is 22.7. The fourth-order valence-electron chi connectivity index (χ4n) is 2.04. The van der Waals surface area contributed by atoms with Crippen molar-refractivity contribution >= 4 is 17.3 Å². The van der Waals surface area contributed by atoms with Gasteiger partial charge in [0, 0.05) is 18.2 Å². The first-order valence-electron chi connectivity index (χ1n) is 5.97. The van der Waals surface area contributed by atoms with Gasteiger partial charge in [-0.2, -0.15) is 0 Å². The fourth-order valence-corrected chi connectivity index (χ4v) is 2.19. The molecule has 0 unspecified atom stereocenters. The van der Waals surface area contributed by atoms with Crippen LogP contribution >= 0.6 is 11.6 Å². The molecule has 1 aliphatic rings. The number of hydrogen-bond donors (Lipinski definition) is 1. The summed E-state index contributed by atoms with van der Waals surface area (Å²) in [6, 6.07) is 4.02. The van der Waals surface area contributed by atoms with Crippen LogP contribution in [0.2, 0.25) is 5.02 Å². The highest BCUT2D eigenvalue weighted by Crippen LogP contribution is 2.38. The molecular weight excluding hydrogens is 252 g/mol. The molecule has 0 amide bonds. The monoisotopic (exact) mass is 270 g/mol. The lowest BCUT2D eigenvalue weighted by Gasteiger charge is -2.39. The second-order valence-corrected chi connectivity index (χ2v) is 5.26. The number of benzene rings is 1. The van der Waals surface area contributed by atoms with Gasteiger partial charge in [0.15, 0.2) is 11.5 Å². The second-order valence-electron chi connectivity index (χ2n) is 4.85. The van der Waals surface area contributed by atoms with Crippen molar-refractivity contribution in [2.75, 3.05) is 26.9 Å². The summed E-state index contributed by atoms with van der Waals surface area (Å²) < 4.78 is 11.1. The molecule has 18 heavy (non-hydrogen) atoms. The zero-order valence-electron chi connectivity index (χ0n) is 10.9. The van der Waals surface area contributed by atoms with Crippen LogP contribution in [0.5, 0.6) is 11.5 Å². The van der Waals surface area contributed by atoms with Gasteiger partial charge in [-0.15, -0.1) is 0 Å². The van der Waals surface area contributed by atoms with Crippen LogP contribution in [0.3, 0.4) is 0 Å². The Morgan fingerprint density at radius 2 is 1.94 bits per heavy atom. The Kier molecular flexibility index (Phi) is 3.88. The predicted octanol–water partition coefficient (Wildman–Crippen LogP) is 2.40. The van der Waals surface area contributed by atoms with Gasteiger partial charge < -0.3 is 20.1 Å². The van der Waals surface area contributed by atoms with E-state index < -0.39 is 0 Å². The van der Waals surface area contributed by atoms with Gasteiger partial charge in [-0.3, -0.25) is 0 Å². The molecule has 0 saturated heterocycles. The summed E-state index contributed by atoms with van der Waals surface area (Å²) in [7, 11) is 5.77. The summed E-state index contributed by atoms with van der Waals surface area (Å²) in [4.78, 5) is 2.22.